The Hall–Kier alpha value is -0.610. The number of nitrogens with one attached hydrogen (secondary N) is 1. The molecule has 1 amide bonds. The number of hydrogen-bond acceptors (Lipinski definition) is 3. The quantitative estimate of drug-likeness (QED) is 0.771. The number of carbonyl (C=O) groups excluding carboxylic acids is 1. The fourth-order valence-electron chi connectivity index (χ4n) is 3.41. The Morgan fingerprint density at radius 2 is 2.24 bits per heavy atom. The van der Waals surface area contributed by atoms with E-state index in [2.05, 4.69) is 29.1 Å². The lowest BCUT2D eigenvalue weighted by atomic mass is 10.0. The molecule has 2 unspecified atom stereocenters. The van der Waals surface area contributed by atoms with Crippen LogP contribution in [0.1, 0.15) is 39.0 Å². The maximum atomic E-state index is 12.5. The molecule has 1 N–H and O–H groups in total. The average molecular weight is 237 g/mol. The molecule has 96 valence electrons. The lowest BCUT2D eigenvalue weighted by molar-refractivity contribution is -0.134. The summed E-state index contributed by atoms with van der Waals surface area (Å²) in [5, 5.41) is 3.56. The molecule has 2 heterocycles. The summed E-state index contributed by atoms with van der Waals surface area (Å²) in [5.41, 5.74) is -0.142. The molecule has 3 fully saturated rings. The Morgan fingerprint density at radius 3 is 2.82 bits per heavy atom. The first-order valence-corrected chi connectivity index (χ1v) is 6.95. The van der Waals surface area contributed by atoms with Gasteiger partial charge >= 0.3 is 0 Å². The smallest absolute Gasteiger partial charge is 0.244 e. The minimum atomic E-state index is -0.142. The zero-order chi connectivity index (χ0) is 12.0. The largest absolute Gasteiger partial charge is 0.321 e. The van der Waals surface area contributed by atoms with Gasteiger partial charge < -0.3 is 9.80 Å². The molecule has 2 aliphatic heterocycles. The zero-order valence-corrected chi connectivity index (χ0v) is 10.9. The van der Waals surface area contributed by atoms with Gasteiger partial charge in [-0.3, -0.25) is 10.1 Å². The van der Waals surface area contributed by atoms with Gasteiger partial charge in [-0.15, -0.1) is 0 Å². The van der Waals surface area contributed by atoms with Crippen molar-refractivity contribution in [3.05, 3.63) is 0 Å². The first-order valence-electron chi connectivity index (χ1n) is 6.95. The Balaban J connectivity index is 1.78. The van der Waals surface area contributed by atoms with Gasteiger partial charge in [0.2, 0.25) is 5.91 Å². The second-order valence-electron chi connectivity index (χ2n) is 5.92. The number of amides is 1. The highest BCUT2D eigenvalue weighted by Gasteiger charge is 2.59. The van der Waals surface area contributed by atoms with E-state index in [-0.39, 0.29) is 11.7 Å². The van der Waals surface area contributed by atoms with Crippen molar-refractivity contribution in [2.75, 3.05) is 20.1 Å². The van der Waals surface area contributed by atoms with Crippen LogP contribution in [0.4, 0.5) is 0 Å². The molecular weight excluding hydrogens is 214 g/mol. The van der Waals surface area contributed by atoms with Gasteiger partial charge in [0.25, 0.3) is 0 Å². The fourth-order valence-corrected chi connectivity index (χ4v) is 3.41. The van der Waals surface area contributed by atoms with Crippen LogP contribution in [-0.2, 0) is 4.79 Å². The molecule has 17 heavy (non-hydrogen) atoms. The van der Waals surface area contributed by atoms with Gasteiger partial charge in [0.05, 0.1) is 11.7 Å². The monoisotopic (exact) mass is 237 g/mol. The van der Waals surface area contributed by atoms with Crippen LogP contribution in [0.2, 0.25) is 0 Å². The summed E-state index contributed by atoms with van der Waals surface area (Å²) in [6, 6.07) is 0.429. The molecule has 0 aromatic carbocycles. The van der Waals surface area contributed by atoms with E-state index < -0.39 is 0 Å². The van der Waals surface area contributed by atoms with E-state index >= 15 is 0 Å². The van der Waals surface area contributed by atoms with E-state index in [9.17, 15) is 4.79 Å². The maximum absolute atomic E-state index is 12.5. The van der Waals surface area contributed by atoms with E-state index in [1.165, 1.54) is 19.4 Å². The Labute approximate surface area is 103 Å². The molecule has 1 spiro atoms. The summed E-state index contributed by atoms with van der Waals surface area (Å²) in [6.07, 6.45) is 5.77. The lowest BCUT2D eigenvalue weighted by Crippen LogP contribution is -2.51. The minimum Gasteiger partial charge on any atom is -0.321 e. The predicted octanol–water partition coefficient (Wildman–Crippen LogP) is 0.781. The number of nitrogens with zero attached hydrogens (tertiary/aromatic N) is 2. The van der Waals surface area contributed by atoms with E-state index in [4.69, 9.17) is 0 Å². The molecule has 0 radical (unpaired) electrons. The van der Waals surface area contributed by atoms with Crippen LogP contribution in [-0.4, -0.2) is 53.6 Å². The standard InChI is InChI=1S/C13H23N3O/c1-3-11-14-13(6-7-13)12(17)16(11)10-5-4-8-15(2)9-10/h10-11,14H,3-9H2,1-2H3. The molecule has 1 aliphatic carbocycles. The Kier molecular flexibility index (Phi) is 2.67. The molecule has 2 atom stereocenters. The summed E-state index contributed by atoms with van der Waals surface area (Å²) >= 11 is 0. The van der Waals surface area contributed by atoms with Gasteiger partial charge in [-0.1, -0.05) is 6.92 Å². The van der Waals surface area contributed by atoms with Gasteiger partial charge in [0.15, 0.2) is 0 Å². The second-order valence-corrected chi connectivity index (χ2v) is 5.92. The van der Waals surface area contributed by atoms with E-state index in [1.54, 1.807) is 0 Å². The van der Waals surface area contributed by atoms with Crippen molar-refractivity contribution >= 4 is 5.91 Å². The third-order valence-electron chi connectivity index (χ3n) is 4.55. The molecule has 3 rings (SSSR count). The van der Waals surface area contributed by atoms with Crippen molar-refractivity contribution in [2.24, 2.45) is 0 Å². The molecule has 0 aromatic heterocycles. The number of likely N-dealkylation sites (N-methyl/N-ethyl adjacent to an activating group) is 1. The summed E-state index contributed by atoms with van der Waals surface area (Å²) in [4.78, 5) is 17.0. The second kappa shape index (κ2) is 3.95. The van der Waals surface area contributed by atoms with Crippen molar-refractivity contribution < 1.29 is 4.79 Å². The normalized spacial score (nSPS) is 36.8. The fraction of sp³-hybridized carbons (Fsp3) is 0.923. The summed E-state index contributed by atoms with van der Waals surface area (Å²) < 4.78 is 0. The highest BCUT2D eigenvalue weighted by atomic mass is 16.2. The predicted molar refractivity (Wildman–Crippen MR) is 66.5 cm³/mol. The highest BCUT2D eigenvalue weighted by molar-refractivity contribution is 5.92. The van der Waals surface area contributed by atoms with Crippen LogP contribution >= 0.6 is 0 Å². The molecule has 4 nitrogen and oxygen atoms in total. The summed E-state index contributed by atoms with van der Waals surface area (Å²) in [7, 11) is 2.16. The summed E-state index contributed by atoms with van der Waals surface area (Å²) in [5.74, 6) is 0.379. The van der Waals surface area contributed by atoms with Crippen molar-refractivity contribution in [1.29, 1.82) is 0 Å². The zero-order valence-electron chi connectivity index (χ0n) is 10.9. The lowest BCUT2D eigenvalue weighted by Gasteiger charge is -2.38. The van der Waals surface area contributed by atoms with E-state index in [1.807, 2.05) is 0 Å². The summed E-state index contributed by atoms with van der Waals surface area (Å²) in [6.45, 7) is 4.39. The third-order valence-corrected chi connectivity index (χ3v) is 4.55. The Morgan fingerprint density at radius 1 is 1.47 bits per heavy atom. The minimum absolute atomic E-state index is 0.142. The van der Waals surface area contributed by atoms with Crippen molar-refractivity contribution in [2.45, 2.75) is 56.8 Å². The van der Waals surface area contributed by atoms with Gasteiger partial charge in [-0.25, -0.2) is 0 Å². The average Bonchev–Trinajstić information content (AvgIpc) is 3.02. The number of hydrogen-bond donors (Lipinski definition) is 1. The first-order chi connectivity index (χ1) is 8.16. The van der Waals surface area contributed by atoms with E-state index in [0.717, 1.165) is 25.8 Å². The van der Waals surface area contributed by atoms with Gasteiger partial charge in [-0.2, -0.15) is 0 Å². The number of piperidine rings is 1. The van der Waals surface area contributed by atoms with Gasteiger partial charge in [0, 0.05) is 12.6 Å². The number of carbonyl (C=O) groups is 1. The van der Waals surface area contributed by atoms with Gasteiger partial charge in [0.1, 0.15) is 0 Å². The number of likely N-dealkylation sites (tertiary alicyclic amines) is 1. The van der Waals surface area contributed by atoms with Gasteiger partial charge in [-0.05, 0) is 45.7 Å². The molecule has 4 heteroatoms. The highest BCUT2D eigenvalue weighted by Crippen LogP contribution is 2.43. The van der Waals surface area contributed by atoms with Crippen LogP contribution in [0.3, 0.4) is 0 Å². The third kappa shape index (κ3) is 1.78. The van der Waals surface area contributed by atoms with Crippen molar-refractivity contribution in [3.8, 4) is 0 Å². The number of rotatable bonds is 2. The topological polar surface area (TPSA) is 35.6 Å². The van der Waals surface area contributed by atoms with Crippen molar-refractivity contribution in [3.63, 3.8) is 0 Å². The van der Waals surface area contributed by atoms with Crippen LogP contribution in [0.25, 0.3) is 0 Å². The Bertz CT molecular complexity index is 327. The molecule has 0 aromatic rings. The van der Waals surface area contributed by atoms with Crippen LogP contribution in [0, 0.1) is 0 Å². The first kappa shape index (κ1) is 11.5. The molecule has 0 bridgehead atoms. The molecular formula is C13H23N3O. The molecule has 2 saturated heterocycles. The maximum Gasteiger partial charge on any atom is 0.244 e. The van der Waals surface area contributed by atoms with Crippen LogP contribution < -0.4 is 5.32 Å². The van der Waals surface area contributed by atoms with E-state index in [0.29, 0.717) is 11.9 Å². The van der Waals surface area contributed by atoms with Crippen molar-refractivity contribution in [1.82, 2.24) is 15.1 Å². The molecule has 1 saturated carbocycles. The molecule has 3 aliphatic rings. The van der Waals surface area contributed by atoms with Crippen LogP contribution in [0.5, 0.6) is 0 Å². The SMILES string of the molecule is CCC1NC2(CC2)C(=O)N1C1CCCN(C)C1. The van der Waals surface area contributed by atoms with Crippen LogP contribution in [0.15, 0.2) is 0 Å².